The summed E-state index contributed by atoms with van der Waals surface area (Å²) in [5.74, 6) is 0. The molecular formula is C76H49N. The average molecular weight is 976 g/mol. The van der Waals surface area contributed by atoms with Crippen LogP contribution < -0.4 is 0 Å². The summed E-state index contributed by atoms with van der Waals surface area (Å²) < 4.78 is 2.49. The monoisotopic (exact) mass is 975 g/mol. The Morgan fingerprint density at radius 2 is 0.468 bits per heavy atom. The van der Waals surface area contributed by atoms with Gasteiger partial charge in [-0.2, -0.15) is 0 Å². The van der Waals surface area contributed by atoms with Gasteiger partial charge in [0.15, 0.2) is 0 Å². The third-order valence-corrected chi connectivity index (χ3v) is 16.1. The van der Waals surface area contributed by atoms with E-state index in [1.165, 1.54) is 143 Å². The zero-order chi connectivity index (χ0) is 50.8. The van der Waals surface area contributed by atoms with E-state index in [9.17, 15) is 0 Å². The molecule has 0 saturated heterocycles. The fourth-order valence-electron chi connectivity index (χ4n) is 12.2. The van der Waals surface area contributed by atoms with Crippen LogP contribution in [0.4, 0.5) is 0 Å². The molecule has 1 aromatic heterocycles. The van der Waals surface area contributed by atoms with Gasteiger partial charge in [-0.15, -0.1) is 0 Å². The van der Waals surface area contributed by atoms with Gasteiger partial charge in [-0.25, -0.2) is 0 Å². The van der Waals surface area contributed by atoms with E-state index in [0.29, 0.717) is 0 Å². The molecular weight excluding hydrogens is 927 g/mol. The number of benzene rings is 14. The lowest BCUT2D eigenvalue weighted by molar-refractivity contribution is 1.20. The van der Waals surface area contributed by atoms with Crippen LogP contribution >= 0.6 is 0 Å². The number of rotatable bonds is 8. The van der Waals surface area contributed by atoms with Crippen molar-refractivity contribution in [2.45, 2.75) is 0 Å². The van der Waals surface area contributed by atoms with Crippen LogP contribution in [-0.4, -0.2) is 4.57 Å². The molecule has 0 fully saturated rings. The van der Waals surface area contributed by atoms with E-state index in [1.54, 1.807) is 0 Å². The molecule has 0 radical (unpaired) electrons. The summed E-state index contributed by atoms with van der Waals surface area (Å²) in [5, 5.41) is 12.5. The zero-order valence-corrected chi connectivity index (χ0v) is 42.2. The highest BCUT2D eigenvalue weighted by atomic mass is 15.0. The second-order valence-electron chi connectivity index (χ2n) is 20.4. The topological polar surface area (TPSA) is 4.93 Å². The lowest BCUT2D eigenvalue weighted by Crippen LogP contribution is -1.96. The van der Waals surface area contributed by atoms with Crippen molar-refractivity contribution in [1.82, 2.24) is 4.57 Å². The normalized spacial score (nSPS) is 11.6. The van der Waals surface area contributed by atoms with Crippen LogP contribution in [0.15, 0.2) is 297 Å². The molecule has 1 heteroatoms. The predicted molar refractivity (Wildman–Crippen MR) is 329 cm³/mol. The Kier molecular flexibility index (Phi) is 10.6. The van der Waals surface area contributed by atoms with Crippen molar-refractivity contribution in [2.75, 3.05) is 0 Å². The van der Waals surface area contributed by atoms with E-state index < -0.39 is 0 Å². The summed E-state index contributed by atoms with van der Waals surface area (Å²) in [4.78, 5) is 0. The lowest BCUT2D eigenvalue weighted by Gasteiger charge is -2.16. The molecule has 0 aliphatic rings. The van der Waals surface area contributed by atoms with Crippen LogP contribution in [0, 0.1) is 0 Å². The molecule has 358 valence electrons. The first-order valence-electron chi connectivity index (χ1n) is 26.6. The van der Waals surface area contributed by atoms with Crippen LogP contribution in [0.1, 0.15) is 0 Å². The minimum atomic E-state index is 1.16. The second kappa shape index (κ2) is 18.4. The number of aromatic nitrogens is 1. The summed E-state index contributed by atoms with van der Waals surface area (Å²) in [6.07, 6.45) is 0. The highest BCUT2D eigenvalue weighted by molar-refractivity contribution is 6.14. The molecule has 0 aliphatic carbocycles. The fraction of sp³-hybridized carbons (Fsp3) is 0. The van der Waals surface area contributed by atoms with Crippen molar-refractivity contribution in [3.63, 3.8) is 0 Å². The van der Waals surface area contributed by atoms with E-state index in [0.717, 1.165) is 5.69 Å². The zero-order valence-electron chi connectivity index (χ0n) is 42.2. The van der Waals surface area contributed by atoms with Gasteiger partial charge in [0.05, 0.1) is 16.7 Å². The Bertz CT molecular complexity index is 4510. The quantitative estimate of drug-likeness (QED) is 0.143. The number of nitrogens with zero attached hydrogens (tertiary/aromatic N) is 1. The van der Waals surface area contributed by atoms with E-state index in [2.05, 4.69) is 302 Å². The fourth-order valence-corrected chi connectivity index (χ4v) is 12.2. The van der Waals surface area contributed by atoms with Gasteiger partial charge in [-0.05, 0) is 146 Å². The molecule has 15 rings (SSSR count). The number of hydrogen-bond acceptors (Lipinski definition) is 0. The standard InChI is InChI=1S/C76H49N/c1-4-18-63-56(12-1)15-9-23-65(63)59-38-34-52(35-39-59)50-26-30-54(31-27-50)61-42-45-75-72(48-61)73-49-62(55-32-28-51(29-33-55)53-36-40-60(41-37-53)66-24-10-16-57-13-2-5-19-64(57)66)43-46-76(73)77(75)74-47-44-70(69-21-7-8-22-71(69)74)68-25-11-17-58-14-3-6-20-67(58)68/h1-49H. The van der Waals surface area contributed by atoms with Gasteiger partial charge in [-0.1, -0.05) is 267 Å². The van der Waals surface area contributed by atoms with Gasteiger partial charge in [0.2, 0.25) is 0 Å². The van der Waals surface area contributed by atoms with Crippen LogP contribution in [0.25, 0.3) is 148 Å². The van der Waals surface area contributed by atoms with Crippen molar-refractivity contribution >= 4 is 64.9 Å². The molecule has 15 aromatic rings. The van der Waals surface area contributed by atoms with Gasteiger partial charge in [0, 0.05) is 16.2 Å². The molecule has 0 unspecified atom stereocenters. The van der Waals surface area contributed by atoms with Gasteiger partial charge >= 0.3 is 0 Å². The SMILES string of the molecule is c1ccc2c(-c3ccc(-c4ccc(-c5ccc6c(c5)c5cc(-c7ccc(-c8ccc(-c9cccc%10ccccc9%10)cc8)cc7)ccc5n6-c5ccc(-c6cccc7ccccc67)c6ccccc56)cc4)cc3)cccc2c1. The van der Waals surface area contributed by atoms with Crippen molar-refractivity contribution in [1.29, 1.82) is 0 Å². The molecule has 0 saturated carbocycles. The highest BCUT2D eigenvalue weighted by Gasteiger charge is 2.19. The maximum Gasteiger partial charge on any atom is 0.0541 e. The Morgan fingerprint density at radius 1 is 0.169 bits per heavy atom. The highest BCUT2D eigenvalue weighted by Crippen LogP contribution is 2.43. The van der Waals surface area contributed by atoms with Crippen molar-refractivity contribution in [3.8, 4) is 83.6 Å². The molecule has 77 heavy (non-hydrogen) atoms. The van der Waals surface area contributed by atoms with Crippen LogP contribution in [0.3, 0.4) is 0 Å². The molecule has 0 aliphatic heterocycles. The van der Waals surface area contributed by atoms with E-state index >= 15 is 0 Å². The number of hydrogen-bond donors (Lipinski definition) is 0. The molecule has 0 amide bonds. The average Bonchev–Trinajstić information content (AvgIpc) is 3.96. The maximum absolute atomic E-state index is 2.49. The minimum Gasteiger partial charge on any atom is -0.309 e. The molecule has 1 nitrogen and oxygen atoms in total. The first-order chi connectivity index (χ1) is 38.2. The Labute approximate surface area is 447 Å². The summed E-state index contributed by atoms with van der Waals surface area (Å²) in [6, 6.07) is 110. The first-order valence-corrected chi connectivity index (χ1v) is 26.6. The Hall–Kier alpha value is -10.1. The van der Waals surface area contributed by atoms with Crippen LogP contribution in [-0.2, 0) is 0 Å². The minimum absolute atomic E-state index is 1.16. The second-order valence-corrected chi connectivity index (χ2v) is 20.4. The summed E-state index contributed by atoms with van der Waals surface area (Å²) in [7, 11) is 0. The molecule has 0 spiro atoms. The summed E-state index contributed by atoms with van der Waals surface area (Å²) in [6.45, 7) is 0. The molecule has 0 bridgehead atoms. The third-order valence-electron chi connectivity index (χ3n) is 16.1. The van der Waals surface area contributed by atoms with E-state index in [-0.39, 0.29) is 0 Å². The summed E-state index contributed by atoms with van der Waals surface area (Å²) in [5.41, 5.74) is 20.5. The predicted octanol–water partition coefficient (Wildman–Crippen LogP) is 21.1. The van der Waals surface area contributed by atoms with Gasteiger partial charge in [-0.3, -0.25) is 0 Å². The van der Waals surface area contributed by atoms with E-state index in [4.69, 9.17) is 0 Å². The van der Waals surface area contributed by atoms with Crippen LogP contribution in [0.5, 0.6) is 0 Å². The third kappa shape index (κ3) is 7.71. The molecule has 0 atom stereocenters. The molecule has 0 N–H and O–H groups in total. The van der Waals surface area contributed by atoms with Crippen molar-refractivity contribution in [2.24, 2.45) is 0 Å². The molecule has 1 heterocycles. The van der Waals surface area contributed by atoms with Crippen LogP contribution in [0.2, 0.25) is 0 Å². The van der Waals surface area contributed by atoms with Crippen molar-refractivity contribution in [3.05, 3.63) is 297 Å². The first kappa shape index (κ1) is 44.4. The Morgan fingerprint density at radius 3 is 0.896 bits per heavy atom. The number of fused-ring (bicyclic) bond motifs is 7. The largest absolute Gasteiger partial charge is 0.309 e. The van der Waals surface area contributed by atoms with E-state index in [1.807, 2.05) is 0 Å². The van der Waals surface area contributed by atoms with Gasteiger partial charge in [0.1, 0.15) is 0 Å². The lowest BCUT2D eigenvalue weighted by atomic mass is 9.93. The molecule has 14 aromatic carbocycles. The van der Waals surface area contributed by atoms with Crippen molar-refractivity contribution < 1.29 is 0 Å². The van der Waals surface area contributed by atoms with Gasteiger partial charge < -0.3 is 4.57 Å². The summed E-state index contributed by atoms with van der Waals surface area (Å²) >= 11 is 0. The Balaban J connectivity index is 0.815. The smallest absolute Gasteiger partial charge is 0.0541 e. The maximum atomic E-state index is 2.49. The van der Waals surface area contributed by atoms with Gasteiger partial charge in [0.25, 0.3) is 0 Å².